The van der Waals surface area contributed by atoms with Gasteiger partial charge in [0.25, 0.3) is 0 Å². The number of carbonyl (C=O) groups excluding carboxylic acids is 3. The molecule has 4 aliphatic rings. The summed E-state index contributed by atoms with van der Waals surface area (Å²) in [5, 5.41) is 1.63. The molecule has 4 heterocycles. The van der Waals surface area contributed by atoms with Crippen molar-refractivity contribution in [2.45, 2.75) is 38.8 Å². The summed E-state index contributed by atoms with van der Waals surface area (Å²) in [5.41, 5.74) is 4.19. The van der Waals surface area contributed by atoms with Crippen LogP contribution in [0.4, 0.5) is 5.69 Å². The number of hydrogen-bond acceptors (Lipinski definition) is 6. The number of amides is 3. The third kappa shape index (κ3) is 4.94. The highest BCUT2D eigenvalue weighted by molar-refractivity contribution is 5.98. The molecule has 35 heavy (non-hydrogen) atoms. The van der Waals surface area contributed by atoms with Crippen molar-refractivity contribution in [2.75, 3.05) is 57.4 Å². The zero-order valence-corrected chi connectivity index (χ0v) is 20.8. The fourth-order valence-electron chi connectivity index (χ4n) is 5.91. The molecule has 9 heteroatoms. The van der Waals surface area contributed by atoms with E-state index in [0.29, 0.717) is 39.3 Å². The first kappa shape index (κ1) is 24.2. The second-order valence-corrected chi connectivity index (χ2v) is 10.5. The largest absolute Gasteiger partial charge is 0.377 e. The van der Waals surface area contributed by atoms with Gasteiger partial charge in [0.1, 0.15) is 0 Å². The van der Waals surface area contributed by atoms with Crippen LogP contribution in [0.5, 0.6) is 0 Å². The number of ether oxygens (including phenoxy) is 1. The minimum atomic E-state index is -0.333. The second-order valence-electron chi connectivity index (χ2n) is 10.5. The Morgan fingerprint density at radius 2 is 1.77 bits per heavy atom. The van der Waals surface area contributed by atoms with E-state index in [1.165, 1.54) is 0 Å². The molecule has 4 atom stereocenters. The van der Waals surface area contributed by atoms with Gasteiger partial charge in [0.2, 0.25) is 17.7 Å². The smallest absolute Gasteiger partial charge is 0.247 e. The summed E-state index contributed by atoms with van der Waals surface area (Å²) in [7, 11) is 0. The fourth-order valence-corrected chi connectivity index (χ4v) is 5.91. The SMILES string of the molecule is CC(C)C(=O)N1CCN(C(=O)C2CN(CC3CCCO3)CC3C(=O)N(c4ccccc4)NC23)CC1. The molecule has 0 aliphatic carbocycles. The van der Waals surface area contributed by atoms with Crippen LogP contribution < -0.4 is 10.4 Å². The molecule has 0 saturated carbocycles. The van der Waals surface area contributed by atoms with Crippen LogP contribution in [0.15, 0.2) is 30.3 Å². The number of piperazine rings is 1. The number of carbonyl (C=O) groups is 3. The molecule has 4 unspecified atom stereocenters. The highest BCUT2D eigenvalue weighted by Gasteiger charge is 2.52. The van der Waals surface area contributed by atoms with Gasteiger partial charge in [-0.05, 0) is 25.0 Å². The van der Waals surface area contributed by atoms with Crippen LogP contribution in [0.1, 0.15) is 26.7 Å². The number of piperidine rings is 1. The first-order chi connectivity index (χ1) is 16.9. The molecule has 0 radical (unpaired) electrons. The minimum absolute atomic E-state index is 0.0170. The van der Waals surface area contributed by atoms with Crippen LogP contribution >= 0.6 is 0 Å². The number of nitrogens with one attached hydrogen (secondary N) is 1. The Morgan fingerprint density at radius 1 is 1.06 bits per heavy atom. The molecule has 3 amide bonds. The van der Waals surface area contributed by atoms with E-state index in [9.17, 15) is 14.4 Å². The van der Waals surface area contributed by atoms with Crippen molar-refractivity contribution >= 4 is 23.4 Å². The lowest BCUT2D eigenvalue weighted by Crippen LogP contribution is -2.60. The van der Waals surface area contributed by atoms with Gasteiger partial charge < -0.3 is 14.5 Å². The zero-order chi connectivity index (χ0) is 24.5. The third-order valence-electron chi connectivity index (χ3n) is 7.81. The molecule has 9 nitrogen and oxygen atoms in total. The zero-order valence-electron chi connectivity index (χ0n) is 20.8. The lowest BCUT2D eigenvalue weighted by atomic mass is 9.83. The quantitative estimate of drug-likeness (QED) is 0.672. The molecule has 5 rings (SSSR count). The highest BCUT2D eigenvalue weighted by atomic mass is 16.5. The maximum absolute atomic E-state index is 13.8. The molecule has 4 aliphatic heterocycles. The summed E-state index contributed by atoms with van der Waals surface area (Å²) in [6.07, 6.45) is 2.26. The van der Waals surface area contributed by atoms with Gasteiger partial charge in [-0.2, -0.15) is 0 Å². The summed E-state index contributed by atoms with van der Waals surface area (Å²) < 4.78 is 5.86. The van der Waals surface area contributed by atoms with Crippen LogP contribution in [0.25, 0.3) is 0 Å². The number of likely N-dealkylation sites (tertiary alicyclic amines) is 1. The van der Waals surface area contributed by atoms with Crippen molar-refractivity contribution in [3.63, 3.8) is 0 Å². The van der Waals surface area contributed by atoms with Gasteiger partial charge in [0.05, 0.1) is 29.7 Å². The van der Waals surface area contributed by atoms with Crippen LogP contribution in [-0.2, 0) is 19.1 Å². The highest BCUT2D eigenvalue weighted by Crippen LogP contribution is 2.33. The Bertz CT molecular complexity index is 927. The third-order valence-corrected chi connectivity index (χ3v) is 7.81. The van der Waals surface area contributed by atoms with Gasteiger partial charge in [-0.25, -0.2) is 10.4 Å². The van der Waals surface area contributed by atoms with Gasteiger partial charge in [0.15, 0.2) is 0 Å². The maximum atomic E-state index is 13.8. The Hall–Kier alpha value is -2.49. The van der Waals surface area contributed by atoms with Crippen molar-refractivity contribution in [1.29, 1.82) is 0 Å². The van der Waals surface area contributed by atoms with Crippen LogP contribution in [0, 0.1) is 17.8 Å². The molecule has 1 aromatic rings. The molecule has 4 fully saturated rings. The van der Waals surface area contributed by atoms with E-state index in [1.807, 2.05) is 54.0 Å². The van der Waals surface area contributed by atoms with E-state index in [0.717, 1.165) is 31.7 Å². The molecule has 1 N–H and O–H groups in total. The number of nitrogens with zero attached hydrogens (tertiary/aromatic N) is 4. The molecule has 1 aromatic carbocycles. The number of benzene rings is 1. The van der Waals surface area contributed by atoms with E-state index >= 15 is 0 Å². The van der Waals surface area contributed by atoms with Crippen molar-refractivity contribution in [3.05, 3.63) is 30.3 Å². The molecule has 4 saturated heterocycles. The lowest BCUT2D eigenvalue weighted by Gasteiger charge is -2.43. The van der Waals surface area contributed by atoms with E-state index in [2.05, 4.69) is 10.3 Å². The van der Waals surface area contributed by atoms with Gasteiger partial charge in [-0.3, -0.25) is 19.3 Å². The summed E-state index contributed by atoms with van der Waals surface area (Å²) >= 11 is 0. The molecule has 0 aromatic heterocycles. The first-order valence-electron chi connectivity index (χ1n) is 13.0. The second kappa shape index (κ2) is 10.2. The number of rotatable bonds is 5. The van der Waals surface area contributed by atoms with Crippen molar-refractivity contribution < 1.29 is 19.1 Å². The topological polar surface area (TPSA) is 85.4 Å². The summed E-state index contributed by atoms with van der Waals surface area (Å²) in [6, 6.07) is 9.33. The number of anilines is 1. The number of fused-ring (bicyclic) bond motifs is 1. The van der Waals surface area contributed by atoms with Gasteiger partial charge in [-0.1, -0.05) is 32.0 Å². The van der Waals surface area contributed by atoms with Gasteiger partial charge in [0, 0.05) is 58.3 Å². The Balaban J connectivity index is 1.33. The molecular weight excluding hydrogens is 446 g/mol. The molecular formula is C26H37N5O4. The Labute approximate surface area is 207 Å². The molecule has 190 valence electrons. The number of hydrogen-bond donors (Lipinski definition) is 1. The monoisotopic (exact) mass is 483 g/mol. The standard InChI is InChI=1S/C26H37N5O4/c1-18(2)24(32)29-10-12-30(13-11-29)25(33)21-16-28(15-20-9-6-14-35-20)17-22-23(21)27-31(26(22)34)19-7-4-3-5-8-19/h3-5,7-8,18,20-23,27H,6,9-17H2,1-2H3. The van der Waals surface area contributed by atoms with Crippen LogP contribution in [0.3, 0.4) is 0 Å². The van der Waals surface area contributed by atoms with E-state index in [4.69, 9.17) is 4.74 Å². The van der Waals surface area contributed by atoms with Crippen molar-refractivity contribution in [1.82, 2.24) is 20.1 Å². The predicted molar refractivity (Wildman–Crippen MR) is 131 cm³/mol. The molecule has 0 bridgehead atoms. The average molecular weight is 484 g/mol. The van der Waals surface area contributed by atoms with Gasteiger partial charge >= 0.3 is 0 Å². The summed E-state index contributed by atoms with van der Waals surface area (Å²) in [4.78, 5) is 45.7. The maximum Gasteiger partial charge on any atom is 0.247 e. The van der Waals surface area contributed by atoms with E-state index in [-0.39, 0.29) is 47.6 Å². The summed E-state index contributed by atoms with van der Waals surface area (Å²) in [6.45, 7) is 8.78. The van der Waals surface area contributed by atoms with Gasteiger partial charge in [-0.15, -0.1) is 0 Å². The Morgan fingerprint density at radius 3 is 2.43 bits per heavy atom. The molecule has 0 spiro atoms. The van der Waals surface area contributed by atoms with Crippen molar-refractivity contribution in [3.8, 4) is 0 Å². The summed E-state index contributed by atoms with van der Waals surface area (Å²) in [5.74, 6) is -0.435. The lowest BCUT2D eigenvalue weighted by molar-refractivity contribution is -0.146. The average Bonchev–Trinajstić information content (AvgIpc) is 3.51. The number of para-hydroxylation sites is 1. The predicted octanol–water partition coefficient (Wildman–Crippen LogP) is 0.960. The van der Waals surface area contributed by atoms with Crippen molar-refractivity contribution in [2.24, 2.45) is 17.8 Å². The Kier molecular flexibility index (Phi) is 7.09. The van der Waals surface area contributed by atoms with Crippen LogP contribution in [-0.4, -0.2) is 97.0 Å². The van der Waals surface area contributed by atoms with E-state index < -0.39 is 0 Å². The minimum Gasteiger partial charge on any atom is -0.377 e. The van der Waals surface area contributed by atoms with E-state index in [1.54, 1.807) is 5.01 Å². The van der Waals surface area contributed by atoms with Crippen LogP contribution in [0.2, 0.25) is 0 Å². The normalized spacial score (nSPS) is 29.7. The number of hydrazine groups is 1. The fraction of sp³-hybridized carbons (Fsp3) is 0.654. The first-order valence-corrected chi connectivity index (χ1v) is 13.0.